The van der Waals surface area contributed by atoms with Gasteiger partial charge in [-0.1, -0.05) is 50.6 Å². The first-order chi connectivity index (χ1) is 22.7. The van der Waals surface area contributed by atoms with E-state index in [4.69, 9.17) is 5.10 Å². The maximum absolute atomic E-state index is 13.8. The largest absolute Gasteiger partial charge is 0.461 e. The predicted molar refractivity (Wildman–Crippen MR) is 177 cm³/mol. The van der Waals surface area contributed by atoms with Gasteiger partial charge in [0, 0.05) is 22.7 Å². The van der Waals surface area contributed by atoms with Crippen molar-refractivity contribution in [3.8, 4) is 11.4 Å². The summed E-state index contributed by atoms with van der Waals surface area (Å²) in [7, 11) is 0. The topological polar surface area (TPSA) is 97.3 Å². The number of nitrogens with zero attached hydrogens (tertiary/aromatic N) is 2. The lowest BCUT2D eigenvalue weighted by Gasteiger charge is -2.30. The molecule has 2 heterocycles. The smallest absolute Gasteiger partial charge is 0.428 e. The highest BCUT2D eigenvalue weighted by molar-refractivity contribution is 6.02. The third kappa shape index (κ3) is 8.22. The zero-order chi connectivity index (χ0) is 34.6. The van der Waals surface area contributed by atoms with E-state index in [1.807, 2.05) is 58.0 Å². The molecule has 12 heteroatoms. The fraction of sp³-hybridized carbons (Fsp3) is 0.361. The number of ether oxygens (including phenoxy) is 1. The lowest BCUT2D eigenvalue weighted by molar-refractivity contribution is -0.253. The Balaban J connectivity index is 1.33. The van der Waals surface area contributed by atoms with Crippen LogP contribution >= 0.6 is 0 Å². The molecule has 3 aromatic carbocycles. The van der Waals surface area contributed by atoms with Crippen LogP contribution in [0.1, 0.15) is 66.7 Å². The number of halogens is 4. The van der Waals surface area contributed by atoms with E-state index in [1.54, 1.807) is 28.9 Å². The van der Waals surface area contributed by atoms with Crippen molar-refractivity contribution in [2.75, 3.05) is 23.7 Å². The average Bonchev–Trinajstić information content (AvgIpc) is 3.47. The van der Waals surface area contributed by atoms with Gasteiger partial charge in [0.25, 0.3) is 0 Å². The van der Waals surface area contributed by atoms with E-state index in [0.717, 1.165) is 60.6 Å². The third-order valence-corrected chi connectivity index (χ3v) is 8.31. The summed E-state index contributed by atoms with van der Waals surface area (Å²) in [6.45, 7) is 9.60. The summed E-state index contributed by atoms with van der Waals surface area (Å²) in [5.41, 5.74) is 3.94. The molecule has 2 amide bonds. The zero-order valence-electron chi connectivity index (χ0n) is 27.2. The number of aromatic nitrogens is 2. The van der Waals surface area contributed by atoms with Crippen LogP contribution in [0.25, 0.3) is 5.69 Å². The normalized spacial score (nSPS) is 14.9. The second-order valence-corrected chi connectivity index (χ2v) is 13.0. The molecule has 48 heavy (non-hydrogen) atoms. The Labute approximate surface area is 276 Å². The Morgan fingerprint density at radius 2 is 1.54 bits per heavy atom. The second kappa shape index (κ2) is 14.2. The van der Waals surface area contributed by atoms with Crippen LogP contribution in [0.15, 0.2) is 78.9 Å². The van der Waals surface area contributed by atoms with Crippen LogP contribution in [-0.4, -0.2) is 47.2 Å². The van der Waals surface area contributed by atoms with Crippen LogP contribution in [0.3, 0.4) is 0 Å². The molecule has 1 fully saturated rings. The molecule has 1 saturated heterocycles. The summed E-state index contributed by atoms with van der Waals surface area (Å²) >= 11 is 0. The molecule has 4 aromatic rings. The first-order valence-corrected chi connectivity index (χ1v) is 15.8. The Morgan fingerprint density at radius 1 is 0.917 bits per heavy atom. The monoisotopic (exact) mass is 665 g/mol. The second-order valence-electron chi connectivity index (χ2n) is 13.0. The number of hydrogen-bond donors (Lipinski definition) is 3. The Kier molecular flexibility index (Phi) is 10.2. The minimum absolute atomic E-state index is 0.000904. The van der Waals surface area contributed by atoms with Crippen LogP contribution in [0.2, 0.25) is 0 Å². The first-order valence-electron chi connectivity index (χ1n) is 15.8. The SMILES string of the molecule is Cc1ccc(-n2nc(C(C)(C)C)cc2NC(=O)Nc2ccc(C(C(=O)c3ccc(OC(F)(F)C(F)F)cc3)C3CCNCC3)cc2)cc1. The van der Waals surface area contributed by atoms with Crippen LogP contribution in [0.5, 0.6) is 5.75 Å². The van der Waals surface area contributed by atoms with E-state index >= 15 is 0 Å². The highest BCUT2D eigenvalue weighted by Crippen LogP contribution is 2.36. The molecule has 0 spiro atoms. The molecule has 3 N–H and O–H groups in total. The van der Waals surface area contributed by atoms with Gasteiger partial charge in [0.1, 0.15) is 11.6 Å². The van der Waals surface area contributed by atoms with E-state index < -0.39 is 30.2 Å². The molecule has 254 valence electrons. The molecule has 1 aliphatic heterocycles. The maximum atomic E-state index is 13.8. The molecular formula is C36H39F4N5O3. The maximum Gasteiger partial charge on any atom is 0.461 e. The average molecular weight is 666 g/mol. The highest BCUT2D eigenvalue weighted by atomic mass is 19.3. The number of ketones is 1. The number of anilines is 2. The van der Waals surface area contributed by atoms with E-state index in [-0.39, 0.29) is 22.7 Å². The minimum atomic E-state index is -4.65. The molecule has 1 atom stereocenters. The number of aryl methyl sites for hydroxylation is 1. The molecular weight excluding hydrogens is 626 g/mol. The Morgan fingerprint density at radius 3 is 2.12 bits per heavy atom. The lowest BCUT2D eigenvalue weighted by Crippen LogP contribution is -2.34. The summed E-state index contributed by atoms with van der Waals surface area (Å²) in [6, 6.07) is 21.0. The summed E-state index contributed by atoms with van der Waals surface area (Å²) < 4.78 is 57.7. The number of carbonyl (C=O) groups excluding carboxylic acids is 2. The van der Waals surface area contributed by atoms with E-state index in [2.05, 4.69) is 20.7 Å². The molecule has 0 bridgehead atoms. The quantitative estimate of drug-likeness (QED) is 0.117. The van der Waals surface area contributed by atoms with Crippen LogP contribution in [-0.2, 0) is 5.41 Å². The summed E-state index contributed by atoms with van der Waals surface area (Å²) in [5, 5.41) is 13.8. The molecule has 8 nitrogen and oxygen atoms in total. The van der Waals surface area contributed by atoms with Crippen LogP contribution in [0.4, 0.5) is 33.9 Å². The molecule has 0 radical (unpaired) electrons. The van der Waals surface area contributed by atoms with Crippen molar-refractivity contribution in [3.05, 3.63) is 101 Å². The van der Waals surface area contributed by atoms with Gasteiger partial charge in [-0.25, -0.2) is 9.48 Å². The van der Waals surface area contributed by atoms with E-state index in [1.165, 1.54) is 12.1 Å². The number of nitrogens with one attached hydrogen (secondary N) is 3. The Hall–Kier alpha value is -4.71. The van der Waals surface area contributed by atoms with Gasteiger partial charge in [-0.15, -0.1) is 0 Å². The standard InChI is InChI=1S/C36H39F4N5O3/c1-22-5-13-27(14-6-22)45-30(21-29(44-45)35(2,3)4)43-34(47)42-26-11-7-23(8-12-26)31(24-17-19-41-20-18-24)32(46)25-9-15-28(16-10-25)48-36(39,40)33(37)38/h5-16,21,24,31,33,41H,17-20H2,1-4H3,(H2,42,43,47). The molecule has 1 unspecified atom stereocenters. The van der Waals surface area contributed by atoms with Crippen molar-refractivity contribution < 1.29 is 31.9 Å². The molecule has 1 aliphatic rings. The number of amides is 2. The van der Waals surface area contributed by atoms with Crippen molar-refractivity contribution >= 4 is 23.3 Å². The number of benzene rings is 3. The van der Waals surface area contributed by atoms with Crippen LogP contribution < -0.4 is 20.7 Å². The van der Waals surface area contributed by atoms with E-state index in [9.17, 15) is 27.2 Å². The van der Waals surface area contributed by atoms with Gasteiger partial charge in [0.15, 0.2) is 5.78 Å². The van der Waals surface area contributed by atoms with Gasteiger partial charge in [0.2, 0.25) is 0 Å². The number of carbonyl (C=O) groups is 2. The van der Waals surface area contributed by atoms with Crippen molar-refractivity contribution in [1.82, 2.24) is 15.1 Å². The predicted octanol–water partition coefficient (Wildman–Crippen LogP) is 8.33. The third-order valence-electron chi connectivity index (χ3n) is 8.31. The number of Topliss-reactive ketones (excluding diaryl/α,β-unsaturated/α-hetero) is 1. The number of piperidine rings is 1. The molecule has 1 aromatic heterocycles. The number of alkyl halides is 4. The molecule has 5 rings (SSSR count). The van der Waals surface area contributed by atoms with Gasteiger partial charge >= 0.3 is 18.6 Å². The molecule has 0 saturated carbocycles. The molecule has 0 aliphatic carbocycles. The van der Waals surface area contributed by atoms with Crippen molar-refractivity contribution in [3.63, 3.8) is 0 Å². The minimum Gasteiger partial charge on any atom is -0.428 e. The highest BCUT2D eigenvalue weighted by Gasteiger charge is 2.44. The van der Waals surface area contributed by atoms with Gasteiger partial charge in [0.05, 0.1) is 17.3 Å². The Bertz CT molecular complexity index is 1710. The fourth-order valence-electron chi connectivity index (χ4n) is 5.66. The zero-order valence-corrected chi connectivity index (χ0v) is 27.2. The van der Waals surface area contributed by atoms with Gasteiger partial charge in [-0.2, -0.15) is 22.7 Å². The van der Waals surface area contributed by atoms with Crippen molar-refractivity contribution in [2.45, 2.75) is 64.4 Å². The number of rotatable bonds is 10. The number of urea groups is 1. The van der Waals surface area contributed by atoms with Crippen molar-refractivity contribution in [1.29, 1.82) is 0 Å². The van der Waals surface area contributed by atoms with Crippen LogP contribution in [0, 0.1) is 12.8 Å². The fourth-order valence-corrected chi connectivity index (χ4v) is 5.66. The van der Waals surface area contributed by atoms with Gasteiger partial charge in [-0.3, -0.25) is 10.1 Å². The van der Waals surface area contributed by atoms with Crippen molar-refractivity contribution in [2.24, 2.45) is 5.92 Å². The summed E-state index contributed by atoms with van der Waals surface area (Å²) in [5.74, 6) is -0.751. The first kappa shape index (κ1) is 34.6. The summed E-state index contributed by atoms with van der Waals surface area (Å²) in [6.07, 6.45) is -7.15. The summed E-state index contributed by atoms with van der Waals surface area (Å²) in [4.78, 5) is 27.0. The lowest BCUT2D eigenvalue weighted by atomic mass is 9.76. The van der Waals surface area contributed by atoms with Gasteiger partial charge in [-0.05, 0) is 92.9 Å². The van der Waals surface area contributed by atoms with E-state index in [0.29, 0.717) is 11.5 Å². The number of hydrogen-bond acceptors (Lipinski definition) is 5. The van der Waals surface area contributed by atoms with Gasteiger partial charge < -0.3 is 15.4 Å².